The van der Waals surface area contributed by atoms with Crippen LogP contribution in [0, 0.1) is 10.1 Å². The molecule has 2 aromatic rings. The minimum Gasteiger partial charge on any atom is -0.380 e. The van der Waals surface area contributed by atoms with Gasteiger partial charge in [0.15, 0.2) is 0 Å². The summed E-state index contributed by atoms with van der Waals surface area (Å²) in [6, 6.07) is 14.0. The monoisotopic (exact) mass is 400 g/mol. The van der Waals surface area contributed by atoms with Crippen molar-refractivity contribution in [2.75, 3.05) is 24.2 Å². The Morgan fingerprint density at radius 2 is 2.00 bits per heavy atom. The van der Waals surface area contributed by atoms with Gasteiger partial charge in [0.1, 0.15) is 0 Å². The van der Waals surface area contributed by atoms with Gasteiger partial charge >= 0.3 is 0 Å². The molecule has 0 spiro atoms. The second-order valence-electron chi connectivity index (χ2n) is 6.43. The molecule has 2 amide bonds. The number of carbonyl (C=O) groups is 2. The lowest BCUT2D eigenvalue weighted by molar-refractivity contribution is -0.387. The molecule has 3 rings (SSSR count). The van der Waals surface area contributed by atoms with Crippen LogP contribution in [0.2, 0.25) is 0 Å². The summed E-state index contributed by atoms with van der Waals surface area (Å²) in [6.45, 7) is 1.24. The highest BCUT2D eigenvalue weighted by Gasteiger charge is 2.27. The van der Waals surface area contributed by atoms with Gasteiger partial charge in [0.2, 0.25) is 11.8 Å². The van der Waals surface area contributed by atoms with Crippen molar-refractivity contribution in [3.05, 3.63) is 64.2 Å². The van der Waals surface area contributed by atoms with Crippen molar-refractivity contribution >= 4 is 35.0 Å². The average Bonchev–Trinajstić information content (AvgIpc) is 3.15. The molecule has 2 aromatic carbocycles. The van der Waals surface area contributed by atoms with Gasteiger partial charge < -0.3 is 16.0 Å². The van der Waals surface area contributed by atoms with E-state index in [1.807, 2.05) is 30.3 Å². The Morgan fingerprint density at radius 3 is 2.68 bits per heavy atom. The van der Waals surface area contributed by atoms with Crippen molar-refractivity contribution in [3.63, 3.8) is 0 Å². The maximum atomic E-state index is 12.5. The van der Waals surface area contributed by atoms with Gasteiger partial charge in [-0.05, 0) is 30.7 Å². The number of nitro benzene ring substituents is 1. The lowest BCUT2D eigenvalue weighted by atomic mass is 10.2. The summed E-state index contributed by atoms with van der Waals surface area (Å²) in [7, 11) is 0. The number of carbonyl (C=O) groups excluding carboxylic acids is 2. The molecule has 3 N–H and O–H groups in total. The van der Waals surface area contributed by atoms with Gasteiger partial charge in [0.25, 0.3) is 5.69 Å². The van der Waals surface area contributed by atoms with Crippen LogP contribution in [0.1, 0.15) is 16.8 Å². The van der Waals surface area contributed by atoms with Crippen LogP contribution in [0.5, 0.6) is 0 Å². The molecule has 0 saturated carbocycles. The second-order valence-corrected chi connectivity index (χ2v) is 7.45. The summed E-state index contributed by atoms with van der Waals surface area (Å²) in [5.41, 5.74) is 6.03. The number of nitrogens with zero attached hydrogens (tertiary/aromatic N) is 2. The topological polar surface area (TPSA) is 119 Å². The Morgan fingerprint density at radius 1 is 1.25 bits per heavy atom. The third-order valence-electron chi connectivity index (χ3n) is 4.48. The first-order valence-electron chi connectivity index (χ1n) is 8.74. The van der Waals surface area contributed by atoms with Crippen LogP contribution in [0.3, 0.4) is 0 Å². The number of hydrogen-bond donors (Lipinski definition) is 2. The predicted octanol–water partition coefficient (Wildman–Crippen LogP) is 2.50. The van der Waals surface area contributed by atoms with Gasteiger partial charge in [0.05, 0.1) is 15.6 Å². The van der Waals surface area contributed by atoms with Crippen LogP contribution in [-0.2, 0) is 4.79 Å². The highest BCUT2D eigenvalue weighted by Crippen LogP contribution is 2.30. The molecule has 1 aliphatic rings. The van der Waals surface area contributed by atoms with Gasteiger partial charge in [-0.1, -0.05) is 18.2 Å². The molecule has 0 radical (unpaired) electrons. The molecule has 1 heterocycles. The molecule has 9 heteroatoms. The fraction of sp³-hybridized carbons (Fsp3) is 0.263. The fourth-order valence-electron chi connectivity index (χ4n) is 3.04. The number of likely N-dealkylation sites (tertiary alicyclic amines) is 1. The number of anilines is 1. The minimum absolute atomic E-state index is 0.0664. The second kappa shape index (κ2) is 8.75. The number of amides is 2. The number of nitrogens with one attached hydrogen (secondary N) is 1. The SMILES string of the molecule is NC(=O)c1ccc(SCC(=O)N2CCC(Nc3ccccc3)C2)c([N+](=O)[O-])c1. The van der Waals surface area contributed by atoms with E-state index in [1.54, 1.807) is 4.90 Å². The number of para-hydroxylation sites is 1. The first kappa shape index (κ1) is 19.7. The Labute approximate surface area is 166 Å². The minimum atomic E-state index is -0.732. The molecule has 1 fully saturated rings. The third-order valence-corrected chi connectivity index (χ3v) is 5.52. The molecular weight excluding hydrogens is 380 g/mol. The van der Waals surface area contributed by atoms with E-state index in [4.69, 9.17) is 5.73 Å². The summed E-state index contributed by atoms with van der Waals surface area (Å²) in [6.07, 6.45) is 0.846. The summed E-state index contributed by atoms with van der Waals surface area (Å²) >= 11 is 1.09. The van der Waals surface area contributed by atoms with Crippen molar-refractivity contribution in [1.29, 1.82) is 0 Å². The molecule has 1 unspecified atom stereocenters. The first-order chi connectivity index (χ1) is 13.4. The number of thioether (sulfide) groups is 1. The number of nitro groups is 1. The van der Waals surface area contributed by atoms with E-state index in [9.17, 15) is 19.7 Å². The Hall–Kier alpha value is -3.07. The molecule has 28 heavy (non-hydrogen) atoms. The quantitative estimate of drug-likeness (QED) is 0.419. The number of rotatable bonds is 7. The van der Waals surface area contributed by atoms with E-state index in [0.717, 1.165) is 29.9 Å². The van der Waals surface area contributed by atoms with Crippen molar-refractivity contribution < 1.29 is 14.5 Å². The molecule has 0 bridgehead atoms. The number of benzene rings is 2. The van der Waals surface area contributed by atoms with Gasteiger partial charge in [0, 0.05) is 36.4 Å². The lowest BCUT2D eigenvalue weighted by Crippen LogP contribution is -2.32. The fourth-order valence-corrected chi connectivity index (χ4v) is 3.95. The smallest absolute Gasteiger partial charge is 0.283 e. The number of primary amides is 1. The molecule has 0 aromatic heterocycles. The van der Waals surface area contributed by atoms with Gasteiger partial charge in [-0.25, -0.2) is 0 Å². The van der Waals surface area contributed by atoms with E-state index < -0.39 is 10.8 Å². The zero-order chi connectivity index (χ0) is 20.1. The lowest BCUT2D eigenvalue weighted by Gasteiger charge is -2.17. The van der Waals surface area contributed by atoms with E-state index in [1.165, 1.54) is 12.1 Å². The molecule has 1 atom stereocenters. The zero-order valence-electron chi connectivity index (χ0n) is 15.0. The van der Waals surface area contributed by atoms with Crippen LogP contribution < -0.4 is 11.1 Å². The molecular formula is C19H20N4O4S. The Kier molecular flexibility index (Phi) is 6.15. The van der Waals surface area contributed by atoms with Crippen LogP contribution in [0.4, 0.5) is 11.4 Å². The normalized spacial score (nSPS) is 16.0. The number of nitrogens with two attached hydrogens (primary N) is 1. The number of hydrogen-bond acceptors (Lipinski definition) is 6. The van der Waals surface area contributed by atoms with Crippen molar-refractivity contribution in [2.45, 2.75) is 17.4 Å². The maximum absolute atomic E-state index is 12.5. The zero-order valence-corrected chi connectivity index (χ0v) is 15.9. The molecule has 1 aliphatic heterocycles. The van der Waals surface area contributed by atoms with Crippen molar-refractivity contribution in [3.8, 4) is 0 Å². The first-order valence-corrected chi connectivity index (χ1v) is 9.73. The van der Waals surface area contributed by atoms with Gasteiger partial charge in [-0.15, -0.1) is 11.8 Å². The van der Waals surface area contributed by atoms with E-state index in [-0.39, 0.29) is 29.0 Å². The van der Waals surface area contributed by atoms with Crippen LogP contribution in [-0.4, -0.2) is 46.5 Å². The van der Waals surface area contributed by atoms with Gasteiger partial charge in [-0.2, -0.15) is 0 Å². The molecule has 146 valence electrons. The average molecular weight is 400 g/mol. The Balaban J connectivity index is 1.57. The van der Waals surface area contributed by atoms with Crippen LogP contribution in [0.15, 0.2) is 53.4 Å². The third kappa shape index (κ3) is 4.80. The van der Waals surface area contributed by atoms with E-state index in [2.05, 4.69) is 5.32 Å². The molecule has 1 saturated heterocycles. The largest absolute Gasteiger partial charge is 0.380 e. The summed E-state index contributed by atoms with van der Waals surface area (Å²) < 4.78 is 0. The maximum Gasteiger partial charge on any atom is 0.283 e. The summed E-state index contributed by atoms with van der Waals surface area (Å²) in [5, 5.41) is 14.7. The summed E-state index contributed by atoms with van der Waals surface area (Å²) in [5.74, 6) is -0.713. The summed E-state index contributed by atoms with van der Waals surface area (Å²) in [4.78, 5) is 36.5. The van der Waals surface area contributed by atoms with E-state index >= 15 is 0 Å². The molecule has 8 nitrogen and oxygen atoms in total. The highest BCUT2D eigenvalue weighted by molar-refractivity contribution is 8.00. The molecule has 0 aliphatic carbocycles. The van der Waals surface area contributed by atoms with E-state index in [0.29, 0.717) is 18.0 Å². The van der Waals surface area contributed by atoms with Gasteiger partial charge in [-0.3, -0.25) is 19.7 Å². The van der Waals surface area contributed by atoms with Crippen molar-refractivity contribution in [1.82, 2.24) is 4.90 Å². The predicted molar refractivity (Wildman–Crippen MR) is 107 cm³/mol. The highest BCUT2D eigenvalue weighted by atomic mass is 32.2. The standard InChI is InChI=1S/C19H20N4O4S/c20-19(25)13-6-7-17(16(10-13)23(26)27)28-12-18(24)22-9-8-15(11-22)21-14-4-2-1-3-5-14/h1-7,10,15,21H,8-9,11-12H2,(H2,20,25). The van der Waals surface area contributed by atoms with Crippen LogP contribution in [0.25, 0.3) is 0 Å². The van der Waals surface area contributed by atoms with Crippen LogP contribution >= 0.6 is 11.8 Å². The Bertz CT molecular complexity index is 891. The van der Waals surface area contributed by atoms with Crippen molar-refractivity contribution in [2.24, 2.45) is 5.73 Å².